The number of nitrogens with one attached hydrogen (secondary N) is 2. The summed E-state index contributed by atoms with van der Waals surface area (Å²) in [5.41, 5.74) is 1.99. The molecule has 1 aromatic heterocycles. The standard InChI is InChI=1S/C14H15N3O2/c18-14(16-7-12-6-15-9-17-12)11-5-10-3-1-2-4-13(10)19-8-11/h1-4,6,9,11H,5,7-8H2,(H,15,17)(H,16,18). The Labute approximate surface area is 111 Å². The molecule has 1 atom stereocenters. The maximum atomic E-state index is 12.1. The van der Waals surface area contributed by atoms with Crippen LogP contribution in [0.2, 0.25) is 0 Å². The molecule has 0 bridgehead atoms. The van der Waals surface area contributed by atoms with Gasteiger partial charge in [0.15, 0.2) is 0 Å². The highest BCUT2D eigenvalue weighted by atomic mass is 16.5. The third-order valence-electron chi connectivity index (χ3n) is 3.26. The van der Waals surface area contributed by atoms with Crippen LogP contribution in [0.4, 0.5) is 0 Å². The Morgan fingerprint density at radius 3 is 3.21 bits per heavy atom. The molecule has 98 valence electrons. The van der Waals surface area contributed by atoms with Crippen LogP contribution in [0.3, 0.4) is 0 Å². The molecule has 5 heteroatoms. The summed E-state index contributed by atoms with van der Waals surface area (Å²) >= 11 is 0. The highest BCUT2D eigenvalue weighted by molar-refractivity contribution is 5.79. The first kappa shape index (κ1) is 11.8. The van der Waals surface area contributed by atoms with Gasteiger partial charge in [-0.15, -0.1) is 0 Å². The number of H-pyrrole nitrogens is 1. The van der Waals surface area contributed by atoms with Crippen molar-refractivity contribution < 1.29 is 9.53 Å². The number of hydrogen-bond donors (Lipinski definition) is 2. The molecule has 19 heavy (non-hydrogen) atoms. The summed E-state index contributed by atoms with van der Waals surface area (Å²) in [5.74, 6) is 0.780. The summed E-state index contributed by atoms with van der Waals surface area (Å²) in [4.78, 5) is 18.9. The number of hydrogen-bond acceptors (Lipinski definition) is 3. The average Bonchev–Trinajstić information content (AvgIpc) is 2.97. The van der Waals surface area contributed by atoms with Gasteiger partial charge in [0.2, 0.25) is 5.91 Å². The molecule has 2 heterocycles. The van der Waals surface area contributed by atoms with Crippen LogP contribution < -0.4 is 10.1 Å². The number of aromatic amines is 1. The van der Waals surface area contributed by atoms with Crippen molar-refractivity contribution in [3.8, 4) is 5.75 Å². The molecule has 0 aliphatic carbocycles. The number of carbonyl (C=O) groups excluding carboxylic acids is 1. The maximum Gasteiger partial charge on any atom is 0.227 e. The van der Waals surface area contributed by atoms with Crippen LogP contribution in [0.1, 0.15) is 11.3 Å². The van der Waals surface area contributed by atoms with Crippen LogP contribution in [0.25, 0.3) is 0 Å². The predicted octanol–water partition coefficient (Wildman–Crippen LogP) is 1.28. The van der Waals surface area contributed by atoms with Gasteiger partial charge in [-0.05, 0) is 18.1 Å². The Hall–Kier alpha value is -2.30. The molecule has 0 radical (unpaired) electrons. The first-order valence-electron chi connectivity index (χ1n) is 6.28. The quantitative estimate of drug-likeness (QED) is 0.870. The zero-order chi connectivity index (χ0) is 13.1. The van der Waals surface area contributed by atoms with E-state index in [-0.39, 0.29) is 11.8 Å². The fourth-order valence-electron chi connectivity index (χ4n) is 2.20. The lowest BCUT2D eigenvalue weighted by Gasteiger charge is -2.24. The van der Waals surface area contributed by atoms with Gasteiger partial charge in [0.25, 0.3) is 0 Å². The highest BCUT2D eigenvalue weighted by Gasteiger charge is 2.25. The second-order valence-corrected chi connectivity index (χ2v) is 4.61. The smallest absolute Gasteiger partial charge is 0.227 e. The fraction of sp³-hybridized carbons (Fsp3) is 0.286. The Bertz CT molecular complexity index is 566. The van der Waals surface area contributed by atoms with Crippen molar-refractivity contribution in [2.75, 3.05) is 6.61 Å². The SMILES string of the molecule is O=C(NCc1cnc[nH]1)C1COc2ccccc2C1. The summed E-state index contributed by atoms with van der Waals surface area (Å²) in [6.45, 7) is 0.906. The molecule has 1 aromatic carbocycles. The highest BCUT2D eigenvalue weighted by Crippen LogP contribution is 2.26. The van der Waals surface area contributed by atoms with Gasteiger partial charge >= 0.3 is 0 Å². The van der Waals surface area contributed by atoms with E-state index in [0.29, 0.717) is 13.2 Å². The maximum absolute atomic E-state index is 12.1. The number of aromatic nitrogens is 2. The third-order valence-corrected chi connectivity index (χ3v) is 3.26. The minimum absolute atomic E-state index is 0.0177. The molecule has 2 aromatic rings. The van der Waals surface area contributed by atoms with Gasteiger partial charge in [-0.1, -0.05) is 18.2 Å². The first-order chi connectivity index (χ1) is 9.33. The van der Waals surface area contributed by atoms with E-state index in [4.69, 9.17) is 4.74 Å². The largest absolute Gasteiger partial charge is 0.492 e. The molecule has 1 unspecified atom stereocenters. The Morgan fingerprint density at radius 1 is 1.47 bits per heavy atom. The van der Waals surface area contributed by atoms with Gasteiger partial charge in [0.05, 0.1) is 24.5 Å². The summed E-state index contributed by atoms with van der Waals surface area (Å²) in [7, 11) is 0. The second-order valence-electron chi connectivity index (χ2n) is 4.61. The van der Waals surface area contributed by atoms with Crippen molar-refractivity contribution >= 4 is 5.91 Å². The summed E-state index contributed by atoms with van der Waals surface area (Å²) < 4.78 is 5.61. The van der Waals surface area contributed by atoms with E-state index in [2.05, 4.69) is 15.3 Å². The molecule has 5 nitrogen and oxygen atoms in total. The van der Waals surface area contributed by atoms with Gasteiger partial charge in [-0.3, -0.25) is 4.79 Å². The number of fused-ring (bicyclic) bond motifs is 1. The summed E-state index contributed by atoms with van der Waals surface area (Å²) in [6.07, 6.45) is 4.03. The van der Waals surface area contributed by atoms with E-state index >= 15 is 0 Å². The van der Waals surface area contributed by atoms with Crippen LogP contribution >= 0.6 is 0 Å². The lowest BCUT2D eigenvalue weighted by Crippen LogP contribution is -2.37. The van der Waals surface area contributed by atoms with E-state index < -0.39 is 0 Å². The van der Waals surface area contributed by atoms with Gasteiger partial charge in [-0.2, -0.15) is 0 Å². The molecule has 0 spiro atoms. The number of nitrogens with zero attached hydrogens (tertiary/aromatic N) is 1. The number of imidazole rings is 1. The molecule has 3 rings (SSSR count). The predicted molar refractivity (Wildman–Crippen MR) is 69.6 cm³/mol. The number of benzene rings is 1. The number of carbonyl (C=O) groups is 1. The second kappa shape index (κ2) is 5.14. The molecular formula is C14H15N3O2. The van der Waals surface area contributed by atoms with Gasteiger partial charge < -0.3 is 15.0 Å². The lowest BCUT2D eigenvalue weighted by atomic mass is 9.96. The zero-order valence-corrected chi connectivity index (χ0v) is 10.4. The topological polar surface area (TPSA) is 67.0 Å². The monoisotopic (exact) mass is 257 g/mol. The van der Waals surface area contributed by atoms with Crippen LogP contribution in [0.15, 0.2) is 36.8 Å². The Balaban J connectivity index is 1.60. The molecule has 0 saturated carbocycles. The van der Waals surface area contributed by atoms with E-state index in [1.165, 1.54) is 0 Å². The molecular weight excluding hydrogens is 242 g/mol. The number of ether oxygens (including phenoxy) is 1. The van der Waals surface area contributed by atoms with E-state index in [9.17, 15) is 4.79 Å². The van der Waals surface area contributed by atoms with Crippen LogP contribution in [-0.4, -0.2) is 22.5 Å². The van der Waals surface area contributed by atoms with E-state index in [1.807, 2.05) is 24.3 Å². The van der Waals surface area contributed by atoms with Gasteiger partial charge in [-0.25, -0.2) is 4.98 Å². The van der Waals surface area contributed by atoms with Gasteiger partial charge in [0.1, 0.15) is 12.4 Å². The molecule has 2 N–H and O–H groups in total. The van der Waals surface area contributed by atoms with Crippen LogP contribution in [0.5, 0.6) is 5.75 Å². The number of para-hydroxylation sites is 1. The zero-order valence-electron chi connectivity index (χ0n) is 10.4. The van der Waals surface area contributed by atoms with Crippen molar-refractivity contribution in [1.29, 1.82) is 0 Å². The average molecular weight is 257 g/mol. The van der Waals surface area contributed by atoms with Crippen LogP contribution in [0, 0.1) is 5.92 Å². The fourth-order valence-corrected chi connectivity index (χ4v) is 2.20. The van der Waals surface area contributed by atoms with Crippen molar-refractivity contribution in [2.24, 2.45) is 5.92 Å². The van der Waals surface area contributed by atoms with Crippen molar-refractivity contribution in [2.45, 2.75) is 13.0 Å². The number of amides is 1. The molecule has 1 amide bonds. The first-order valence-corrected chi connectivity index (χ1v) is 6.28. The Morgan fingerprint density at radius 2 is 2.37 bits per heavy atom. The Kier molecular flexibility index (Phi) is 3.18. The molecule has 1 aliphatic rings. The van der Waals surface area contributed by atoms with E-state index in [0.717, 1.165) is 23.4 Å². The van der Waals surface area contributed by atoms with Crippen molar-refractivity contribution in [1.82, 2.24) is 15.3 Å². The van der Waals surface area contributed by atoms with Crippen molar-refractivity contribution in [3.63, 3.8) is 0 Å². The molecule has 0 saturated heterocycles. The lowest BCUT2D eigenvalue weighted by molar-refractivity contribution is -0.126. The molecule has 1 aliphatic heterocycles. The van der Waals surface area contributed by atoms with E-state index in [1.54, 1.807) is 12.5 Å². The summed E-state index contributed by atoms with van der Waals surface area (Å²) in [6, 6.07) is 7.85. The minimum atomic E-state index is -0.127. The van der Waals surface area contributed by atoms with Gasteiger partial charge in [0, 0.05) is 6.20 Å². The van der Waals surface area contributed by atoms with Crippen LogP contribution in [-0.2, 0) is 17.8 Å². The van der Waals surface area contributed by atoms with Crippen molar-refractivity contribution in [3.05, 3.63) is 48.0 Å². The number of rotatable bonds is 3. The third kappa shape index (κ3) is 2.59. The summed E-state index contributed by atoms with van der Waals surface area (Å²) in [5, 5.41) is 2.90. The molecule has 0 fully saturated rings. The normalized spacial score (nSPS) is 17.4. The minimum Gasteiger partial charge on any atom is -0.492 e.